The average molecular weight is 356 g/mol. The first-order chi connectivity index (χ1) is 12.1. The van der Waals surface area contributed by atoms with Gasteiger partial charge < -0.3 is 15.2 Å². The van der Waals surface area contributed by atoms with Crippen molar-refractivity contribution in [1.82, 2.24) is 15.0 Å². The molecular weight excluding hydrogens is 336 g/mol. The second kappa shape index (κ2) is 6.57. The number of pyridine rings is 1. The SMILES string of the molecule is COc1ccc(C(Nc2ncnc3sc(C)cc23)C2CC(O)C2)cn1. The lowest BCUT2D eigenvalue weighted by Crippen LogP contribution is -2.36. The van der Waals surface area contributed by atoms with Crippen molar-refractivity contribution in [2.75, 3.05) is 12.4 Å². The van der Waals surface area contributed by atoms with Crippen molar-refractivity contribution in [3.05, 3.63) is 41.2 Å². The Bertz CT molecular complexity index is 874. The summed E-state index contributed by atoms with van der Waals surface area (Å²) in [6, 6.07) is 6.04. The fourth-order valence-corrected chi connectivity index (χ4v) is 4.16. The van der Waals surface area contributed by atoms with E-state index in [1.54, 1.807) is 24.8 Å². The molecule has 3 aromatic rings. The fourth-order valence-electron chi connectivity index (χ4n) is 3.31. The molecule has 1 atom stereocenters. The predicted molar refractivity (Wildman–Crippen MR) is 98.0 cm³/mol. The molecule has 0 aliphatic heterocycles. The molecule has 0 radical (unpaired) electrons. The van der Waals surface area contributed by atoms with Crippen molar-refractivity contribution in [2.24, 2.45) is 5.92 Å². The number of aliphatic hydroxyl groups is 1. The molecular formula is C18H20N4O2S. The predicted octanol–water partition coefficient (Wildman–Crippen LogP) is 3.33. The van der Waals surface area contributed by atoms with Crippen molar-refractivity contribution in [3.63, 3.8) is 0 Å². The van der Waals surface area contributed by atoms with Crippen molar-refractivity contribution in [3.8, 4) is 5.88 Å². The summed E-state index contributed by atoms with van der Waals surface area (Å²) in [5.74, 6) is 1.76. The summed E-state index contributed by atoms with van der Waals surface area (Å²) in [7, 11) is 1.61. The molecule has 1 saturated carbocycles. The van der Waals surface area contributed by atoms with Gasteiger partial charge in [-0.2, -0.15) is 0 Å². The molecule has 0 amide bonds. The number of rotatable bonds is 5. The molecule has 3 heterocycles. The van der Waals surface area contributed by atoms with E-state index in [-0.39, 0.29) is 12.1 Å². The van der Waals surface area contributed by atoms with Gasteiger partial charge in [-0.05, 0) is 37.3 Å². The zero-order chi connectivity index (χ0) is 17.4. The lowest BCUT2D eigenvalue weighted by Gasteiger charge is -2.38. The third kappa shape index (κ3) is 3.17. The highest BCUT2D eigenvalue weighted by molar-refractivity contribution is 7.18. The van der Waals surface area contributed by atoms with Crippen LogP contribution >= 0.6 is 11.3 Å². The van der Waals surface area contributed by atoms with Gasteiger partial charge in [0.1, 0.15) is 17.0 Å². The van der Waals surface area contributed by atoms with Crippen LogP contribution in [-0.2, 0) is 0 Å². The van der Waals surface area contributed by atoms with Crippen LogP contribution in [0.3, 0.4) is 0 Å². The number of hydrogen-bond donors (Lipinski definition) is 2. The van der Waals surface area contributed by atoms with Gasteiger partial charge in [0.2, 0.25) is 5.88 Å². The standard InChI is InChI=1S/C18H20N4O2S/c1-10-5-14-17(20-9-21-18(14)25-10)22-16(12-6-13(23)7-12)11-3-4-15(24-2)19-8-11/h3-5,8-9,12-13,16,23H,6-7H2,1-2H3,(H,20,21,22). The zero-order valence-corrected chi connectivity index (χ0v) is 15.0. The normalized spacial score (nSPS) is 20.9. The van der Waals surface area contributed by atoms with E-state index in [4.69, 9.17) is 4.74 Å². The minimum Gasteiger partial charge on any atom is -0.481 e. The topological polar surface area (TPSA) is 80.2 Å². The van der Waals surface area contributed by atoms with Crippen molar-refractivity contribution in [2.45, 2.75) is 31.9 Å². The third-order valence-corrected chi connectivity index (χ3v) is 5.65. The van der Waals surface area contributed by atoms with E-state index in [2.05, 4.69) is 33.3 Å². The average Bonchev–Trinajstić information content (AvgIpc) is 2.98. The van der Waals surface area contributed by atoms with E-state index >= 15 is 0 Å². The van der Waals surface area contributed by atoms with E-state index < -0.39 is 0 Å². The van der Waals surface area contributed by atoms with Gasteiger partial charge in [-0.1, -0.05) is 6.07 Å². The highest BCUT2D eigenvalue weighted by Gasteiger charge is 2.35. The van der Waals surface area contributed by atoms with Crippen LogP contribution in [0.5, 0.6) is 5.88 Å². The Morgan fingerprint density at radius 3 is 2.80 bits per heavy atom. The first-order valence-corrected chi connectivity index (χ1v) is 9.11. The van der Waals surface area contributed by atoms with Crippen LogP contribution < -0.4 is 10.1 Å². The molecule has 0 spiro atoms. The number of aryl methyl sites for hydroxylation is 1. The third-order valence-electron chi connectivity index (χ3n) is 4.69. The number of nitrogens with zero attached hydrogens (tertiary/aromatic N) is 3. The Balaban J connectivity index is 1.67. The van der Waals surface area contributed by atoms with Crippen LogP contribution in [0.15, 0.2) is 30.7 Å². The maximum Gasteiger partial charge on any atom is 0.212 e. The van der Waals surface area contributed by atoms with Crippen LogP contribution in [0.2, 0.25) is 0 Å². The highest BCUT2D eigenvalue weighted by atomic mass is 32.1. The highest BCUT2D eigenvalue weighted by Crippen LogP contribution is 2.41. The first-order valence-electron chi connectivity index (χ1n) is 8.29. The van der Waals surface area contributed by atoms with Crippen LogP contribution in [0.25, 0.3) is 10.2 Å². The van der Waals surface area contributed by atoms with Crippen LogP contribution in [0.1, 0.15) is 29.3 Å². The number of hydrogen-bond acceptors (Lipinski definition) is 7. The van der Waals surface area contributed by atoms with E-state index in [1.165, 1.54) is 4.88 Å². The van der Waals surface area contributed by atoms with Gasteiger partial charge in [-0.25, -0.2) is 15.0 Å². The first kappa shape index (κ1) is 16.2. The molecule has 3 aromatic heterocycles. The van der Waals surface area contributed by atoms with E-state index in [9.17, 15) is 5.11 Å². The van der Waals surface area contributed by atoms with E-state index in [0.717, 1.165) is 34.4 Å². The van der Waals surface area contributed by atoms with Gasteiger partial charge >= 0.3 is 0 Å². The van der Waals surface area contributed by atoms with Gasteiger partial charge in [-0.3, -0.25) is 0 Å². The number of thiophene rings is 1. The van der Waals surface area contributed by atoms with Crippen LogP contribution in [0, 0.1) is 12.8 Å². The number of fused-ring (bicyclic) bond motifs is 1. The molecule has 1 aliphatic carbocycles. The summed E-state index contributed by atoms with van der Waals surface area (Å²) in [6.07, 6.45) is 4.77. The fraction of sp³-hybridized carbons (Fsp3) is 0.389. The summed E-state index contributed by atoms with van der Waals surface area (Å²) in [5, 5.41) is 14.4. The van der Waals surface area contributed by atoms with Gasteiger partial charge in [-0.15, -0.1) is 11.3 Å². The maximum absolute atomic E-state index is 9.75. The molecule has 0 aromatic carbocycles. The summed E-state index contributed by atoms with van der Waals surface area (Å²) >= 11 is 1.66. The molecule has 130 valence electrons. The largest absolute Gasteiger partial charge is 0.481 e. The van der Waals surface area contributed by atoms with Gasteiger partial charge in [0.05, 0.1) is 24.6 Å². The van der Waals surface area contributed by atoms with Crippen molar-refractivity contribution >= 4 is 27.4 Å². The molecule has 7 heteroatoms. The van der Waals surface area contributed by atoms with E-state index in [1.807, 2.05) is 18.3 Å². The number of aliphatic hydroxyl groups excluding tert-OH is 1. The molecule has 0 saturated heterocycles. The summed E-state index contributed by atoms with van der Waals surface area (Å²) < 4.78 is 5.15. The molecule has 1 aliphatic rings. The minimum atomic E-state index is -0.214. The Morgan fingerprint density at radius 1 is 1.28 bits per heavy atom. The van der Waals surface area contributed by atoms with Crippen LogP contribution in [-0.4, -0.2) is 33.3 Å². The second-order valence-electron chi connectivity index (χ2n) is 6.44. The monoisotopic (exact) mass is 356 g/mol. The minimum absolute atomic E-state index is 0.0418. The summed E-state index contributed by atoms with van der Waals surface area (Å²) in [4.78, 5) is 15.3. The smallest absolute Gasteiger partial charge is 0.212 e. The Kier molecular flexibility index (Phi) is 4.27. The number of aromatic nitrogens is 3. The lowest BCUT2D eigenvalue weighted by atomic mass is 9.75. The van der Waals surface area contributed by atoms with Crippen molar-refractivity contribution < 1.29 is 9.84 Å². The van der Waals surface area contributed by atoms with Gasteiger partial charge in [0.15, 0.2) is 0 Å². The quantitative estimate of drug-likeness (QED) is 0.730. The van der Waals surface area contributed by atoms with E-state index in [0.29, 0.717) is 11.8 Å². The maximum atomic E-state index is 9.75. The molecule has 0 bridgehead atoms. The summed E-state index contributed by atoms with van der Waals surface area (Å²) in [6.45, 7) is 2.07. The number of methoxy groups -OCH3 is 1. The number of ether oxygens (including phenoxy) is 1. The number of anilines is 1. The van der Waals surface area contributed by atoms with Crippen molar-refractivity contribution in [1.29, 1.82) is 0 Å². The summed E-state index contributed by atoms with van der Waals surface area (Å²) in [5.41, 5.74) is 1.07. The number of nitrogens with one attached hydrogen (secondary N) is 1. The molecule has 6 nitrogen and oxygen atoms in total. The Morgan fingerprint density at radius 2 is 2.12 bits per heavy atom. The Hall–Kier alpha value is -2.25. The second-order valence-corrected chi connectivity index (χ2v) is 7.67. The van der Waals surface area contributed by atoms with Crippen LogP contribution in [0.4, 0.5) is 5.82 Å². The zero-order valence-electron chi connectivity index (χ0n) is 14.1. The molecule has 4 rings (SSSR count). The lowest BCUT2D eigenvalue weighted by molar-refractivity contribution is 0.0339. The van der Waals surface area contributed by atoms with Gasteiger partial charge in [0.25, 0.3) is 0 Å². The molecule has 2 N–H and O–H groups in total. The van der Waals surface area contributed by atoms with Gasteiger partial charge in [0, 0.05) is 17.1 Å². The molecule has 25 heavy (non-hydrogen) atoms. The molecule has 1 unspecified atom stereocenters. The molecule has 1 fully saturated rings. The Labute approximate surface area is 149 Å².